The van der Waals surface area contributed by atoms with Crippen LogP contribution in [-0.4, -0.2) is 33.3 Å². The summed E-state index contributed by atoms with van der Waals surface area (Å²) in [6.07, 6.45) is 0.473. The van der Waals surface area contributed by atoms with E-state index in [1.54, 1.807) is 0 Å². The smallest absolute Gasteiger partial charge is 0.155 e. The molecule has 0 bridgehead atoms. The third-order valence-corrected chi connectivity index (χ3v) is 3.68. The number of halogens is 2. The van der Waals surface area contributed by atoms with Crippen molar-refractivity contribution in [2.75, 3.05) is 8.86 Å². The fourth-order valence-corrected chi connectivity index (χ4v) is 2.45. The lowest BCUT2D eigenvalue weighted by Crippen LogP contribution is -2.61. The van der Waals surface area contributed by atoms with E-state index in [0.717, 1.165) is 8.86 Å². The summed E-state index contributed by atoms with van der Waals surface area (Å²) in [6.45, 7) is 0. The third kappa shape index (κ3) is 1.61. The first-order valence-corrected chi connectivity index (χ1v) is 6.68. The predicted octanol–water partition coefficient (Wildman–Crippen LogP) is 1.25. The van der Waals surface area contributed by atoms with Gasteiger partial charge in [0.1, 0.15) is 12.2 Å². The fourth-order valence-electron chi connectivity index (χ4n) is 1.16. The SMILES string of the molecule is IC[C@@H]1OO[C@@H]1[C@H]1OO[C@@H]1CI. The minimum Gasteiger partial charge on any atom is -0.229 e. The molecule has 6 heteroatoms. The van der Waals surface area contributed by atoms with Gasteiger partial charge in [0.15, 0.2) is 12.2 Å². The molecule has 0 unspecified atom stereocenters. The molecule has 4 atom stereocenters. The van der Waals surface area contributed by atoms with Gasteiger partial charge in [0.25, 0.3) is 0 Å². The molecule has 2 fully saturated rings. The van der Waals surface area contributed by atoms with Crippen molar-refractivity contribution in [3.63, 3.8) is 0 Å². The zero-order chi connectivity index (χ0) is 8.55. The molecule has 0 saturated carbocycles. The Morgan fingerprint density at radius 1 is 0.750 bits per heavy atom. The monoisotopic (exact) mass is 398 g/mol. The Labute approximate surface area is 97.4 Å². The summed E-state index contributed by atoms with van der Waals surface area (Å²) in [7, 11) is 0. The molecule has 0 radical (unpaired) electrons. The predicted molar refractivity (Wildman–Crippen MR) is 57.3 cm³/mol. The minimum absolute atomic E-state index is 0.0652. The Morgan fingerprint density at radius 3 is 1.33 bits per heavy atom. The molecule has 0 aromatic heterocycles. The average molecular weight is 398 g/mol. The van der Waals surface area contributed by atoms with Gasteiger partial charge in [0, 0.05) is 8.86 Å². The van der Waals surface area contributed by atoms with Gasteiger partial charge in [0.2, 0.25) is 0 Å². The summed E-state index contributed by atoms with van der Waals surface area (Å²) in [5.74, 6) is 0. The molecular weight excluding hydrogens is 390 g/mol. The van der Waals surface area contributed by atoms with Crippen LogP contribution in [-0.2, 0) is 19.6 Å². The number of alkyl halides is 2. The molecule has 2 aliphatic rings. The van der Waals surface area contributed by atoms with Gasteiger partial charge in [-0.1, -0.05) is 45.2 Å². The van der Waals surface area contributed by atoms with E-state index in [4.69, 9.17) is 19.6 Å². The van der Waals surface area contributed by atoms with Crippen molar-refractivity contribution in [1.29, 1.82) is 0 Å². The molecule has 2 rings (SSSR count). The van der Waals surface area contributed by atoms with E-state index in [9.17, 15) is 0 Å². The van der Waals surface area contributed by atoms with Crippen LogP contribution in [0.1, 0.15) is 0 Å². The maximum Gasteiger partial charge on any atom is 0.155 e. The quantitative estimate of drug-likeness (QED) is 0.408. The molecule has 0 aromatic rings. The molecular formula is C6H8I2O4. The van der Waals surface area contributed by atoms with Crippen LogP contribution in [0.5, 0.6) is 0 Å². The van der Waals surface area contributed by atoms with Gasteiger partial charge in [-0.3, -0.25) is 0 Å². The second-order valence-corrected chi connectivity index (χ2v) is 4.46. The van der Waals surface area contributed by atoms with E-state index in [-0.39, 0.29) is 24.4 Å². The van der Waals surface area contributed by atoms with Gasteiger partial charge in [-0.25, -0.2) is 19.6 Å². The second kappa shape index (κ2) is 4.22. The Bertz CT molecular complexity index is 146. The van der Waals surface area contributed by atoms with Crippen LogP contribution in [0.2, 0.25) is 0 Å². The zero-order valence-electron chi connectivity index (χ0n) is 6.11. The standard InChI is InChI=1S/C6H8I2O4/c7-1-3-5(11-9-3)6-4(2-8)10-12-6/h3-6H,1-2H2/t3-,4+,5-,6-/m0/s1. The Morgan fingerprint density at radius 2 is 1.17 bits per heavy atom. The zero-order valence-corrected chi connectivity index (χ0v) is 10.4. The van der Waals surface area contributed by atoms with Crippen LogP contribution in [0, 0.1) is 0 Å². The molecule has 70 valence electrons. The van der Waals surface area contributed by atoms with Crippen molar-refractivity contribution < 1.29 is 19.6 Å². The van der Waals surface area contributed by atoms with Gasteiger partial charge < -0.3 is 0 Å². The van der Waals surface area contributed by atoms with E-state index in [1.165, 1.54) is 0 Å². The van der Waals surface area contributed by atoms with E-state index in [1.807, 2.05) is 0 Å². The Kier molecular flexibility index (Phi) is 3.46. The Balaban J connectivity index is 1.84. The summed E-state index contributed by atoms with van der Waals surface area (Å²) in [4.78, 5) is 19.7. The fraction of sp³-hybridized carbons (Fsp3) is 1.00. The van der Waals surface area contributed by atoms with Crippen molar-refractivity contribution in [2.24, 2.45) is 0 Å². The largest absolute Gasteiger partial charge is 0.229 e. The van der Waals surface area contributed by atoms with E-state index in [2.05, 4.69) is 45.2 Å². The Hall–Kier alpha value is 1.30. The minimum atomic E-state index is 0.0652. The van der Waals surface area contributed by atoms with Crippen LogP contribution in [0.4, 0.5) is 0 Å². The summed E-state index contributed by atoms with van der Waals surface area (Å²) in [5, 5.41) is 0. The molecule has 0 aliphatic carbocycles. The molecule has 0 N–H and O–H groups in total. The third-order valence-electron chi connectivity index (χ3n) is 1.94. The van der Waals surface area contributed by atoms with Gasteiger partial charge in [0.05, 0.1) is 0 Å². The number of rotatable bonds is 3. The number of hydrogen-bond donors (Lipinski definition) is 0. The highest BCUT2D eigenvalue weighted by atomic mass is 127. The van der Waals surface area contributed by atoms with Crippen molar-refractivity contribution >= 4 is 45.2 Å². The van der Waals surface area contributed by atoms with E-state index in [0.29, 0.717) is 0 Å². The first kappa shape index (κ1) is 9.84. The summed E-state index contributed by atoms with van der Waals surface area (Å²) in [6, 6.07) is 0. The average Bonchev–Trinajstić information content (AvgIpc) is 1.97. The number of hydrogen-bond acceptors (Lipinski definition) is 4. The van der Waals surface area contributed by atoms with Gasteiger partial charge in [-0.05, 0) is 0 Å². The van der Waals surface area contributed by atoms with Gasteiger partial charge in [-0.2, -0.15) is 0 Å². The summed E-state index contributed by atoms with van der Waals surface area (Å²) < 4.78 is 1.85. The van der Waals surface area contributed by atoms with Crippen LogP contribution in [0.15, 0.2) is 0 Å². The van der Waals surface area contributed by atoms with Crippen LogP contribution < -0.4 is 0 Å². The van der Waals surface area contributed by atoms with Crippen LogP contribution in [0.25, 0.3) is 0 Å². The first-order valence-electron chi connectivity index (χ1n) is 3.63. The van der Waals surface area contributed by atoms with Gasteiger partial charge in [-0.15, -0.1) is 0 Å². The van der Waals surface area contributed by atoms with E-state index >= 15 is 0 Å². The molecule has 0 spiro atoms. The first-order chi connectivity index (χ1) is 5.86. The van der Waals surface area contributed by atoms with Crippen molar-refractivity contribution in [3.8, 4) is 0 Å². The maximum absolute atomic E-state index is 4.96. The van der Waals surface area contributed by atoms with Crippen LogP contribution >= 0.6 is 45.2 Å². The molecule has 0 aromatic carbocycles. The van der Waals surface area contributed by atoms with Gasteiger partial charge >= 0.3 is 0 Å². The topological polar surface area (TPSA) is 36.9 Å². The normalized spacial score (nSPS) is 46.5. The van der Waals surface area contributed by atoms with Crippen molar-refractivity contribution in [1.82, 2.24) is 0 Å². The lowest BCUT2D eigenvalue weighted by molar-refractivity contribution is -0.545. The van der Waals surface area contributed by atoms with Crippen LogP contribution in [0.3, 0.4) is 0 Å². The van der Waals surface area contributed by atoms with Crippen molar-refractivity contribution in [3.05, 3.63) is 0 Å². The highest BCUT2D eigenvalue weighted by Crippen LogP contribution is 2.32. The summed E-state index contributed by atoms with van der Waals surface area (Å²) in [5.41, 5.74) is 0. The lowest BCUT2D eigenvalue weighted by Gasteiger charge is -2.44. The second-order valence-electron chi connectivity index (χ2n) is 2.70. The molecule has 4 nitrogen and oxygen atoms in total. The maximum atomic E-state index is 4.96. The highest BCUT2D eigenvalue weighted by molar-refractivity contribution is 14.1. The molecule has 2 aliphatic heterocycles. The molecule has 12 heavy (non-hydrogen) atoms. The summed E-state index contributed by atoms with van der Waals surface area (Å²) >= 11 is 4.54. The highest BCUT2D eigenvalue weighted by Gasteiger charge is 2.50. The van der Waals surface area contributed by atoms with E-state index < -0.39 is 0 Å². The molecule has 2 heterocycles. The molecule has 2 saturated heterocycles. The van der Waals surface area contributed by atoms with Crippen molar-refractivity contribution in [2.45, 2.75) is 24.4 Å². The molecule has 0 amide bonds. The lowest BCUT2D eigenvalue weighted by atomic mass is 10.0.